The molecule has 5 N–H and O–H groups in total. The third-order valence-corrected chi connectivity index (χ3v) is 2.91. The Morgan fingerprint density at radius 3 is 2.41 bits per heavy atom. The molecule has 0 radical (unpaired) electrons. The van der Waals surface area contributed by atoms with Crippen LogP contribution < -0.4 is 16.8 Å². The Kier molecular flexibility index (Phi) is 11.7. The molecule has 4 heteroatoms. The lowest BCUT2D eigenvalue weighted by atomic mass is 10.1. The molecule has 102 valence electrons. The molecule has 0 aliphatic rings. The molecule has 0 spiro atoms. The lowest BCUT2D eigenvalue weighted by Gasteiger charge is -2.17. The molecule has 0 aromatic rings. The van der Waals surface area contributed by atoms with Gasteiger partial charge in [-0.3, -0.25) is 0 Å². The highest BCUT2D eigenvalue weighted by molar-refractivity contribution is 5.75. The third-order valence-electron chi connectivity index (χ3n) is 2.91. The van der Waals surface area contributed by atoms with Crippen LogP contribution in [0.15, 0.2) is 0 Å². The topological polar surface area (TPSA) is 81.1 Å². The number of Topliss-reactive ketones (excluding diaryl/α,β-unsaturated/α-hetero) is 1. The summed E-state index contributed by atoms with van der Waals surface area (Å²) in [5.41, 5.74) is 11.1. The molecule has 4 nitrogen and oxygen atoms in total. The van der Waals surface area contributed by atoms with Crippen LogP contribution in [0.4, 0.5) is 0 Å². The number of unbranched alkanes of at least 4 members (excludes halogenated alkanes) is 2. The van der Waals surface area contributed by atoms with Crippen molar-refractivity contribution in [3.8, 4) is 0 Å². The summed E-state index contributed by atoms with van der Waals surface area (Å²) in [7, 11) is 0. The van der Waals surface area contributed by atoms with Gasteiger partial charge in [-0.25, -0.2) is 0 Å². The molecule has 0 fully saturated rings. The van der Waals surface area contributed by atoms with Gasteiger partial charge in [-0.05, 0) is 58.7 Å². The van der Waals surface area contributed by atoms with Crippen molar-refractivity contribution in [2.45, 2.75) is 57.9 Å². The molecule has 0 heterocycles. The van der Waals surface area contributed by atoms with Gasteiger partial charge in [0.15, 0.2) is 0 Å². The lowest BCUT2D eigenvalue weighted by molar-refractivity contribution is -0.117. The van der Waals surface area contributed by atoms with Crippen molar-refractivity contribution in [1.29, 1.82) is 0 Å². The van der Waals surface area contributed by atoms with Crippen LogP contribution in [0, 0.1) is 0 Å². The first kappa shape index (κ1) is 16.6. The normalized spacial score (nSPS) is 12.6. The third kappa shape index (κ3) is 11.8. The van der Waals surface area contributed by atoms with Gasteiger partial charge in [0.05, 0.1) is 0 Å². The average Bonchev–Trinajstić information content (AvgIpc) is 2.29. The summed E-state index contributed by atoms with van der Waals surface area (Å²) in [6, 6.07) is 0.511. The summed E-state index contributed by atoms with van der Waals surface area (Å²) >= 11 is 0. The van der Waals surface area contributed by atoms with E-state index in [0.29, 0.717) is 11.8 Å². The number of carbonyl (C=O) groups excluding carboxylic acids is 1. The maximum atomic E-state index is 10.7. The van der Waals surface area contributed by atoms with Gasteiger partial charge in [0.25, 0.3) is 0 Å². The number of nitrogens with two attached hydrogens (primary N) is 2. The highest BCUT2D eigenvalue weighted by atomic mass is 16.1. The van der Waals surface area contributed by atoms with Crippen molar-refractivity contribution in [2.24, 2.45) is 11.5 Å². The average molecular weight is 243 g/mol. The zero-order valence-electron chi connectivity index (χ0n) is 11.2. The van der Waals surface area contributed by atoms with Crippen LogP contribution in [0.25, 0.3) is 0 Å². The second-order valence-corrected chi connectivity index (χ2v) is 4.67. The summed E-state index contributed by atoms with van der Waals surface area (Å²) in [5.74, 6) is 0.293. The van der Waals surface area contributed by atoms with E-state index in [0.717, 1.165) is 64.6 Å². The predicted octanol–water partition coefficient (Wildman–Crippen LogP) is 1.18. The molecule has 0 aliphatic heterocycles. The summed E-state index contributed by atoms with van der Waals surface area (Å²) in [6.07, 6.45) is 7.19. The molecule has 0 aromatic carbocycles. The van der Waals surface area contributed by atoms with Gasteiger partial charge in [-0.15, -0.1) is 0 Å². The summed E-state index contributed by atoms with van der Waals surface area (Å²) in [6.45, 7) is 4.16. The van der Waals surface area contributed by atoms with Crippen molar-refractivity contribution in [2.75, 3.05) is 19.6 Å². The maximum Gasteiger partial charge on any atom is 0.129 e. The Hall–Kier alpha value is -0.450. The van der Waals surface area contributed by atoms with E-state index in [1.54, 1.807) is 6.92 Å². The highest BCUT2D eigenvalue weighted by Crippen LogP contribution is 2.03. The van der Waals surface area contributed by atoms with E-state index in [1.807, 2.05) is 0 Å². The zero-order chi connectivity index (χ0) is 12.9. The van der Waals surface area contributed by atoms with E-state index >= 15 is 0 Å². The Labute approximate surface area is 106 Å². The number of hydrogen-bond acceptors (Lipinski definition) is 4. The Bertz CT molecular complexity index is 186. The van der Waals surface area contributed by atoms with Gasteiger partial charge in [-0.2, -0.15) is 0 Å². The number of rotatable bonds is 12. The van der Waals surface area contributed by atoms with Crippen molar-refractivity contribution >= 4 is 5.78 Å². The second-order valence-electron chi connectivity index (χ2n) is 4.67. The van der Waals surface area contributed by atoms with Crippen LogP contribution >= 0.6 is 0 Å². The molecule has 1 unspecified atom stereocenters. The van der Waals surface area contributed by atoms with E-state index < -0.39 is 0 Å². The summed E-state index contributed by atoms with van der Waals surface area (Å²) in [5, 5.41) is 3.52. The highest BCUT2D eigenvalue weighted by Gasteiger charge is 2.05. The van der Waals surface area contributed by atoms with Crippen molar-refractivity contribution in [1.82, 2.24) is 5.32 Å². The maximum absolute atomic E-state index is 10.7. The van der Waals surface area contributed by atoms with E-state index in [-0.39, 0.29) is 0 Å². The first-order valence-electron chi connectivity index (χ1n) is 6.83. The first-order valence-corrected chi connectivity index (χ1v) is 6.83. The minimum absolute atomic E-state index is 0.293. The van der Waals surface area contributed by atoms with Crippen LogP contribution in [0.2, 0.25) is 0 Å². The van der Waals surface area contributed by atoms with E-state index in [4.69, 9.17) is 11.5 Å². The molecule has 0 saturated carbocycles. The summed E-state index contributed by atoms with van der Waals surface area (Å²) < 4.78 is 0. The fraction of sp³-hybridized carbons (Fsp3) is 0.923. The lowest BCUT2D eigenvalue weighted by Crippen LogP contribution is -2.32. The number of nitrogens with one attached hydrogen (secondary N) is 1. The van der Waals surface area contributed by atoms with Crippen molar-refractivity contribution < 1.29 is 4.79 Å². The Morgan fingerprint density at radius 1 is 1.06 bits per heavy atom. The minimum Gasteiger partial charge on any atom is -0.330 e. The zero-order valence-corrected chi connectivity index (χ0v) is 11.2. The van der Waals surface area contributed by atoms with Gasteiger partial charge in [0.2, 0.25) is 0 Å². The number of hydrogen-bond donors (Lipinski definition) is 3. The fourth-order valence-electron chi connectivity index (χ4n) is 1.90. The molecular formula is C13H29N3O. The van der Waals surface area contributed by atoms with Crippen LogP contribution in [0.1, 0.15) is 51.9 Å². The number of carbonyl (C=O) groups is 1. The van der Waals surface area contributed by atoms with Crippen LogP contribution in [-0.2, 0) is 4.79 Å². The van der Waals surface area contributed by atoms with Gasteiger partial charge >= 0.3 is 0 Å². The molecule has 0 aromatic heterocycles. The molecule has 0 rings (SSSR count). The Morgan fingerprint density at radius 2 is 1.82 bits per heavy atom. The quantitative estimate of drug-likeness (QED) is 0.450. The second kappa shape index (κ2) is 12.0. The van der Waals surface area contributed by atoms with Crippen molar-refractivity contribution in [3.63, 3.8) is 0 Å². The van der Waals surface area contributed by atoms with Crippen molar-refractivity contribution in [3.05, 3.63) is 0 Å². The van der Waals surface area contributed by atoms with E-state index in [2.05, 4.69) is 5.32 Å². The molecule has 0 saturated heterocycles. The molecule has 0 aliphatic carbocycles. The van der Waals surface area contributed by atoms with Gasteiger partial charge in [0, 0.05) is 12.5 Å². The van der Waals surface area contributed by atoms with Crippen LogP contribution in [0.5, 0.6) is 0 Å². The summed E-state index contributed by atoms with van der Waals surface area (Å²) in [4.78, 5) is 10.7. The molecular weight excluding hydrogens is 214 g/mol. The van der Waals surface area contributed by atoms with Gasteiger partial charge in [-0.1, -0.05) is 6.42 Å². The monoisotopic (exact) mass is 243 g/mol. The first-order chi connectivity index (χ1) is 8.20. The fourth-order valence-corrected chi connectivity index (χ4v) is 1.90. The van der Waals surface area contributed by atoms with Crippen LogP contribution in [0.3, 0.4) is 0 Å². The van der Waals surface area contributed by atoms with Crippen LogP contribution in [-0.4, -0.2) is 31.5 Å². The molecule has 17 heavy (non-hydrogen) atoms. The van der Waals surface area contributed by atoms with Gasteiger partial charge in [0.1, 0.15) is 5.78 Å². The van der Waals surface area contributed by atoms with E-state index in [1.165, 1.54) is 0 Å². The van der Waals surface area contributed by atoms with Gasteiger partial charge < -0.3 is 21.6 Å². The molecule has 0 amide bonds. The molecule has 0 bridgehead atoms. The minimum atomic E-state index is 0.293. The number of ketones is 1. The molecule has 1 atom stereocenters. The smallest absolute Gasteiger partial charge is 0.129 e. The largest absolute Gasteiger partial charge is 0.330 e. The predicted molar refractivity (Wildman–Crippen MR) is 72.9 cm³/mol. The standard InChI is InChI=1S/C13H29N3O/c1-12(17)6-3-2-4-11-16-13(8-10-15)7-5-9-14/h13,16H,2-11,14-15H2,1H3. The van der Waals surface area contributed by atoms with E-state index in [9.17, 15) is 4.79 Å². The Balaban J connectivity index is 3.43. The SMILES string of the molecule is CC(=O)CCCCCNC(CCN)CCCN.